The molecule has 0 fully saturated rings. The van der Waals surface area contributed by atoms with Crippen molar-refractivity contribution >= 4 is 11.9 Å². The number of ether oxygens (including phenoxy) is 1. The van der Waals surface area contributed by atoms with E-state index < -0.39 is 30.0 Å². The standard InChI is InChI=1S/C23H38F5NO3/c1-3-5-6-7-8-9-10-11-12-13-14-15-16-18-32-20(30)19(17-4-2)29-21(31)22(24,25)23(26,27)28/h4,19H,2-3,5-18H2,1H3,(H,29,31). The van der Waals surface area contributed by atoms with E-state index in [0.29, 0.717) is 6.42 Å². The Morgan fingerprint density at radius 2 is 1.28 bits per heavy atom. The summed E-state index contributed by atoms with van der Waals surface area (Å²) in [5.74, 6) is -9.24. The summed E-state index contributed by atoms with van der Waals surface area (Å²) in [5, 5.41) is 1.41. The Morgan fingerprint density at radius 3 is 1.69 bits per heavy atom. The van der Waals surface area contributed by atoms with Gasteiger partial charge in [-0.2, -0.15) is 22.0 Å². The Hall–Kier alpha value is -1.67. The van der Waals surface area contributed by atoms with Crippen LogP contribution >= 0.6 is 0 Å². The van der Waals surface area contributed by atoms with Crippen LogP contribution in [0.4, 0.5) is 22.0 Å². The first-order valence-electron chi connectivity index (χ1n) is 11.6. The molecule has 32 heavy (non-hydrogen) atoms. The van der Waals surface area contributed by atoms with Crippen molar-refractivity contribution in [2.24, 2.45) is 0 Å². The number of nitrogens with one attached hydrogen (secondary N) is 1. The fourth-order valence-electron chi connectivity index (χ4n) is 3.15. The predicted octanol–water partition coefficient (Wildman–Crippen LogP) is 6.88. The van der Waals surface area contributed by atoms with Gasteiger partial charge in [-0.15, -0.1) is 6.58 Å². The first-order chi connectivity index (χ1) is 15.1. The van der Waals surface area contributed by atoms with Crippen molar-refractivity contribution in [3.63, 3.8) is 0 Å². The Morgan fingerprint density at radius 1 is 0.844 bits per heavy atom. The summed E-state index contributed by atoms with van der Waals surface area (Å²) in [6.07, 6.45) is 9.54. The highest BCUT2D eigenvalue weighted by atomic mass is 19.4. The Bertz CT molecular complexity index is 538. The average molecular weight is 472 g/mol. The second kappa shape index (κ2) is 16.9. The minimum Gasteiger partial charge on any atom is -0.464 e. The van der Waals surface area contributed by atoms with Crippen LogP contribution in [-0.4, -0.2) is 36.6 Å². The van der Waals surface area contributed by atoms with Crippen LogP contribution in [-0.2, 0) is 14.3 Å². The molecule has 1 unspecified atom stereocenters. The average Bonchev–Trinajstić information content (AvgIpc) is 2.72. The molecule has 0 aromatic carbocycles. The molecule has 0 aliphatic carbocycles. The lowest BCUT2D eigenvalue weighted by atomic mass is 10.0. The molecular weight excluding hydrogens is 433 g/mol. The van der Waals surface area contributed by atoms with E-state index in [1.807, 2.05) is 0 Å². The number of rotatable bonds is 19. The summed E-state index contributed by atoms with van der Waals surface area (Å²) < 4.78 is 67.9. The van der Waals surface area contributed by atoms with E-state index in [1.165, 1.54) is 56.7 Å². The third-order valence-electron chi connectivity index (χ3n) is 5.13. The van der Waals surface area contributed by atoms with E-state index in [2.05, 4.69) is 13.5 Å². The maximum atomic E-state index is 13.1. The first kappa shape index (κ1) is 30.3. The van der Waals surface area contributed by atoms with Gasteiger partial charge in [0.15, 0.2) is 0 Å². The van der Waals surface area contributed by atoms with Gasteiger partial charge in [0.2, 0.25) is 0 Å². The van der Waals surface area contributed by atoms with E-state index in [9.17, 15) is 31.5 Å². The van der Waals surface area contributed by atoms with Crippen molar-refractivity contribution in [3.05, 3.63) is 12.7 Å². The second-order valence-corrected chi connectivity index (χ2v) is 8.03. The van der Waals surface area contributed by atoms with Crippen LogP contribution in [0.5, 0.6) is 0 Å². The minimum absolute atomic E-state index is 0.00969. The fraction of sp³-hybridized carbons (Fsp3) is 0.826. The molecule has 0 aliphatic rings. The second-order valence-electron chi connectivity index (χ2n) is 8.03. The molecule has 0 spiro atoms. The number of hydrogen-bond acceptors (Lipinski definition) is 3. The number of halogens is 5. The molecule has 0 heterocycles. The minimum atomic E-state index is -6.05. The van der Waals surface area contributed by atoms with Crippen molar-refractivity contribution in [1.29, 1.82) is 0 Å². The number of hydrogen-bond donors (Lipinski definition) is 1. The molecule has 1 amide bonds. The van der Waals surface area contributed by atoms with E-state index in [4.69, 9.17) is 4.74 Å². The van der Waals surface area contributed by atoms with Crippen LogP contribution in [0.1, 0.15) is 96.8 Å². The highest BCUT2D eigenvalue weighted by Gasteiger charge is 2.63. The maximum Gasteiger partial charge on any atom is 0.463 e. The van der Waals surface area contributed by atoms with Gasteiger partial charge in [0, 0.05) is 0 Å². The lowest BCUT2D eigenvalue weighted by molar-refractivity contribution is -0.270. The largest absolute Gasteiger partial charge is 0.464 e. The van der Waals surface area contributed by atoms with Gasteiger partial charge in [0.05, 0.1) is 6.61 Å². The molecule has 0 aromatic heterocycles. The molecule has 4 nitrogen and oxygen atoms in total. The molecule has 0 bridgehead atoms. The van der Waals surface area contributed by atoms with Gasteiger partial charge in [0.1, 0.15) is 6.04 Å². The Labute approximate surface area is 188 Å². The fourth-order valence-corrected chi connectivity index (χ4v) is 3.15. The number of amides is 1. The molecule has 0 saturated heterocycles. The molecule has 1 atom stereocenters. The zero-order chi connectivity index (χ0) is 24.5. The molecule has 0 aliphatic heterocycles. The van der Waals surface area contributed by atoms with E-state index >= 15 is 0 Å². The molecule has 0 rings (SSSR count). The summed E-state index contributed by atoms with van der Waals surface area (Å²) in [5.41, 5.74) is 0. The number of unbranched alkanes of at least 4 members (excludes halogenated alkanes) is 12. The summed E-state index contributed by atoms with van der Waals surface area (Å²) >= 11 is 0. The first-order valence-corrected chi connectivity index (χ1v) is 11.6. The van der Waals surface area contributed by atoms with Gasteiger partial charge in [-0.1, -0.05) is 90.0 Å². The molecule has 9 heteroatoms. The maximum absolute atomic E-state index is 13.1. The lowest BCUT2D eigenvalue weighted by Crippen LogP contribution is -2.54. The van der Waals surface area contributed by atoms with Crippen molar-refractivity contribution < 1.29 is 36.3 Å². The van der Waals surface area contributed by atoms with Gasteiger partial charge < -0.3 is 10.1 Å². The van der Waals surface area contributed by atoms with E-state index in [1.54, 1.807) is 0 Å². The van der Waals surface area contributed by atoms with Gasteiger partial charge in [-0.3, -0.25) is 4.79 Å². The zero-order valence-electron chi connectivity index (χ0n) is 19.1. The third-order valence-corrected chi connectivity index (χ3v) is 5.13. The summed E-state index contributed by atoms with van der Waals surface area (Å²) in [6.45, 7) is 5.52. The van der Waals surface area contributed by atoms with Gasteiger partial charge >= 0.3 is 24.0 Å². The molecule has 1 N–H and O–H groups in total. The zero-order valence-corrected chi connectivity index (χ0v) is 19.1. The highest BCUT2D eigenvalue weighted by Crippen LogP contribution is 2.35. The van der Waals surface area contributed by atoms with Gasteiger partial charge in [0.25, 0.3) is 0 Å². The SMILES string of the molecule is C=CCC(NC(=O)C(F)(F)C(F)(F)F)C(=O)OCCCCCCCCCCCCCCC. The predicted molar refractivity (Wildman–Crippen MR) is 114 cm³/mol. The van der Waals surface area contributed by atoms with E-state index in [-0.39, 0.29) is 13.0 Å². The van der Waals surface area contributed by atoms with Gasteiger partial charge in [-0.25, -0.2) is 4.79 Å². The lowest BCUT2D eigenvalue weighted by Gasteiger charge is -2.22. The van der Waals surface area contributed by atoms with Crippen LogP contribution in [0.2, 0.25) is 0 Å². The van der Waals surface area contributed by atoms with Crippen LogP contribution in [0.15, 0.2) is 12.7 Å². The van der Waals surface area contributed by atoms with E-state index in [0.717, 1.165) is 31.8 Å². The summed E-state index contributed by atoms with van der Waals surface area (Å²) in [7, 11) is 0. The van der Waals surface area contributed by atoms with Crippen LogP contribution in [0, 0.1) is 0 Å². The number of esters is 1. The topological polar surface area (TPSA) is 55.4 Å². The van der Waals surface area contributed by atoms with Crippen LogP contribution in [0.25, 0.3) is 0 Å². The molecular formula is C23H38F5NO3. The smallest absolute Gasteiger partial charge is 0.463 e. The normalized spacial score (nSPS) is 12.9. The van der Waals surface area contributed by atoms with Gasteiger partial charge in [-0.05, 0) is 12.8 Å². The number of carbonyl (C=O) groups is 2. The molecule has 188 valence electrons. The monoisotopic (exact) mass is 471 g/mol. The van der Waals surface area contributed by atoms with Crippen molar-refractivity contribution in [1.82, 2.24) is 5.32 Å². The number of carbonyl (C=O) groups excluding carboxylic acids is 2. The molecule has 0 aromatic rings. The number of alkyl halides is 5. The Kier molecular flexibility index (Phi) is 16.0. The quantitative estimate of drug-likeness (QED) is 0.0967. The van der Waals surface area contributed by atoms with Crippen molar-refractivity contribution in [2.45, 2.75) is 115 Å². The molecule has 0 radical (unpaired) electrons. The Balaban J connectivity index is 3.96. The van der Waals surface area contributed by atoms with Crippen molar-refractivity contribution in [2.75, 3.05) is 6.61 Å². The third kappa shape index (κ3) is 13.0. The van der Waals surface area contributed by atoms with Crippen LogP contribution < -0.4 is 5.32 Å². The van der Waals surface area contributed by atoms with Crippen molar-refractivity contribution in [3.8, 4) is 0 Å². The summed E-state index contributed by atoms with van der Waals surface area (Å²) in [6, 6.07) is -1.64. The highest BCUT2D eigenvalue weighted by molar-refractivity contribution is 5.89. The molecule has 0 saturated carbocycles. The van der Waals surface area contributed by atoms with Crippen LogP contribution in [0.3, 0.4) is 0 Å². The summed E-state index contributed by atoms with van der Waals surface area (Å²) in [4.78, 5) is 23.2.